The summed E-state index contributed by atoms with van der Waals surface area (Å²) in [4.78, 5) is 10.4. The third-order valence-electron chi connectivity index (χ3n) is 3.98. The molecule has 0 aliphatic heterocycles. The van der Waals surface area contributed by atoms with Gasteiger partial charge in [-0.3, -0.25) is 0 Å². The van der Waals surface area contributed by atoms with Crippen molar-refractivity contribution in [2.24, 2.45) is 5.92 Å². The minimum Gasteiger partial charge on any atom is -0.478 e. The van der Waals surface area contributed by atoms with Crippen molar-refractivity contribution in [3.63, 3.8) is 0 Å². The number of carbonyl (C=O) groups is 1. The molecule has 0 amide bonds. The van der Waals surface area contributed by atoms with Gasteiger partial charge in [0.2, 0.25) is 0 Å². The zero-order chi connectivity index (χ0) is 15.2. The lowest BCUT2D eigenvalue weighted by molar-refractivity contribution is -0.131. The average molecular weight is 292 g/mol. The van der Waals surface area contributed by atoms with Gasteiger partial charge in [-0.2, -0.15) is 0 Å². The van der Waals surface area contributed by atoms with E-state index in [9.17, 15) is 9.18 Å². The molecule has 1 saturated carbocycles. The molecule has 0 bridgehead atoms. The number of hydrogen-bond donors (Lipinski definition) is 1. The maximum atomic E-state index is 14.0. The Morgan fingerprint density at radius 2 is 2.19 bits per heavy atom. The van der Waals surface area contributed by atoms with E-state index in [-0.39, 0.29) is 18.5 Å². The molecule has 2 rings (SSSR count). The van der Waals surface area contributed by atoms with Crippen LogP contribution in [-0.4, -0.2) is 17.2 Å². The fourth-order valence-electron chi connectivity index (χ4n) is 2.68. The second-order valence-corrected chi connectivity index (χ2v) is 5.63. The van der Waals surface area contributed by atoms with E-state index >= 15 is 0 Å². The molecule has 0 spiro atoms. The van der Waals surface area contributed by atoms with E-state index in [2.05, 4.69) is 6.92 Å². The first kappa shape index (κ1) is 15.7. The molecule has 0 aromatic heterocycles. The zero-order valence-electron chi connectivity index (χ0n) is 12.2. The summed E-state index contributed by atoms with van der Waals surface area (Å²) in [7, 11) is 0. The Bertz CT molecular complexity index is 525. The number of hydrogen-bond acceptors (Lipinski definition) is 2. The van der Waals surface area contributed by atoms with Crippen LogP contribution < -0.4 is 0 Å². The Hall–Kier alpha value is -1.68. The van der Waals surface area contributed by atoms with Crippen LogP contribution in [0.3, 0.4) is 0 Å². The molecule has 0 saturated heterocycles. The summed E-state index contributed by atoms with van der Waals surface area (Å²) < 4.78 is 19.8. The standard InChI is InChI=1S/C17H21FO3/c1-12-4-2-3-5-16(12)21-11-14-8-6-13(10-15(14)18)7-9-17(19)20/h6-10,12,16H,2-5,11H2,1H3,(H,19,20). The van der Waals surface area contributed by atoms with Gasteiger partial charge in [0.15, 0.2) is 0 Å². The second-order valence-electron chi connectivity index (χ2n) is 5.63. The largest absolute Gasteiger partial charge is 0.478 e. The van der Waals surface area contributed by atoms with Gasteiger partial charge in [0.25, 0.3) is 0 Å². The van der Waals surface area contributed by atoms with Gasteiger partial charge in [-0.15, -0.1) is 0 Å². The van der Waals surface area contributed by atoms with Gasteiger partial charge >= 0.3 is 5.97 Å². The van der Waals surface area contributed by atoms with Crippen molar-refractivity contribution in [2.45, 2.75) is 45.3 Å². The van der Waals surface area contributed by atoms with E-state index in [0.717, 1.165) is 12.5 Å². The smallest absolute Gasteiger partial charge is 0.328 e. The van der Waals surface area contributed by atoms with Crippen LogP contribution >= 0.6 is 0 Å². The fourth-order valence-corrected chi connectivity index (χ4v) is 2.68. The molecule has 1 aliphatic carbocycles. The Morgan fingerprint density at radius 3 is 2.86 bits per heavy atom. The maximum absolute atomic E-state index is 14.0. The van der Waals surface area contributed by atoms with E-state index in [4.69, 9.17) is 9.84 Å². The summed E-state index contributed by atoms with van der Waals surface area (Å²) in [6, 6.07) is 4.69. The highest BCUT2D eigenvalue weighted by Crippen LogP contribution is 2.27. The SMILES string of the molecule is CC1CCCCC1OCc1ccc(C=CC(=O)O)cc1F. The quantitative estimate of drug-likeness (QED) is 0.834. The molecule has 1 aromatic carbocycles. The summed E-state index contributed by atoms with van der Waals surface area (Å²) in [5, 5.41) is 8.55. The molecule has 21 heavy (non-hydrogen) atoms. The van der Waals surface area contributed by atoms with Gasteiger partial charge in [-0.05, 0) is 36.5 Å². The summed E-state index contributed by atoms with van der Waals surface area (Å²) in [6.07, 6.45) is 7.23. The molecule has 2 atom stereocenters. The van der Waals surface area contributed by atoms with E-state index in [1.165, 1.54) is 31.4 Å². The topological polar surface area (TPSA) is 46.5 Å². The van der Waals surface area contributed by atoms with Crippen LogP contribution in [0.4, 0.5) is 4.39 Å². The molecular formula is C17H21FO3. The van der Waals surface area contributed by atoms with Crippen molar-refractivity contribution in [3.8, 4) is 0 Å². The van der Waals surface area contributed by atoms with Gasteiger partial charge in [0, 0.05) is 11.6 Å². The number of rotatable bonds is 5. The molecule has 1 N–H and O–H groups in total. The normalized spacial score (nSPS) is 22.6. The van der Waals surface area contributed by atoms with Crippen molar-refractivity contribution < 1.29 is 19.0 Å². The number of carboxylic acids is 1. The molecule has 0 heterocycles. The lowest BCUT2D eigenvalue weighted by Gasteiger charge is -2.28. The third-order valence-corrected chi connectivity index (χ3v) is 3.98. The van der Waals surface area contributed by atoms with Crippen molar-refractivity contribution in [2.75, 3.05) is 0 Å². The van der Waals surface area contributed by atoms with Gasteiger partial charge in [0.05, 0.1) is 12.7 Å². The van der Waals surface area contributed by atoms with Crippen LogP contribution in [0.5, 0.6) is 0 Å². The highest BCUT2D eigenvalue weighted by atomic mass is 19.1. The van der Waals surface area contributed by atoms with E-state index in [0.29, 0.717) is 17.0 Å². The summed E-state index contributed by atoms with van der Waals surface area (Å²) in [6.45, 7) is 2.45. The Kier molecular flexibility index (Phi) is 5.51. The molecule has 1 aliphatic rings. The fraction of sp³-hybridized carbons (Fsp3) is 0.471. The molecule has 114 valence electrons. The third kappa shape index (κ3) is 4.67. The van der Waals surface area contributed by atoms with Gasteiger partial charge in [-0.1, -0.05) is 31.9 Å². The van der Waals surface area contributed by atoms with Gasteiger partial charge < -0.3 is 9.84 Å². The van der Waals surface area contributed by atoms with Gasteiger partial charge in [-0.25, -0.2) is 9.18 Å². The predicted molar refractivity (Wildman–Crippen MR) is 79.3 cm³/mol. The summed E-state index contributed by atoms with van der Waals surface area (Å²) >= 11 is 0. The molecule has 1 aromatic rings. The first-order valence-corrected chi connectivity index (χ1v) is 7.37. The zero-order valence-corrected chi connectivity index (χ0v) is 12.2. The molecule has 2 unspecified atom stereocenters. The van der Waals surface area contributed by atoms with Crippen molar-refractivity contribution in [1.29, 1.82) is 0 Å². The lowest BCUT2D eigenvalue weighted by Crippen LogP contribution is -2.25. The van der Waals surface area contributed by atoms with Crippen molar-refractivity contribution in [1.82, 2.24) is 0 Å². The van der Waals surface area contributed by atoms with E-state index in [1.54, 1.807) is 12.1 Å². The Labute approximate surface area is 124 Å². The molecule has 1 fully saturated rings. The summed E-state index contributed by atoms with van der Waals surface area (Å²) in [5.41, 5.74) is 1.05. The highest BCUT2D eigenvalue weighted by molar-refractivity contribution is 5.85. The highest BCUT2D eigenvalue weighted by Gasteiger charge is 2.22. The Balaban J connectivity index is 1.96. The van der Waals surface area contributed by atoms with Crippen molar-refractivity contribution >= 4 is 12.0 Å². The van der Waals surface area contributed by atoms with Gasteiger partial charge in [0.1, 0.15) is 5.82 Å². The second kappa shape index (κ2) is 7.36. The summed E-state index contributed by atoms with van der Waals surface area (Å²) in [5.74, 6) is -0.875. The minimum atomic E-state index is -1.05. The maximum Gasteiger partial charge on any atom is 0.328 e. The number of carboxylic acid groups (broad SMARTS) is 1. The molecule has 0 radical (unpaired) electrons. The minimum absolute atomic E-state index is 0.213. The van der Waals surface area contributed by atoms with Crippen molar-refractivity contribution in [3.05, 3.63) is 41.2 Å². The van der Waals surface area contributed by atoms with E-state index in [1.807, 2.05) is 0 Å². The number of aliphatic carboxylic acids is 1. The number of halogens is 1. The van der Waals surface area contributed by atoms with Crippen LogP contribution in [-0.2, 0) is 16.1 Å². The molecule has 3 nitrogen and oxygen atoms in total. The monoisotopic (exact) mass is 292 g/mol. The number of ether oxygens (including phenoxy) is 1. The lowest BCUT2D eigenvalue weighted by atomic mass is 9.88. The van der Waals surface area contributed by atoms with E-state index < -0.39 is 5.97 Å². The van der Waals surface area contributed by atoms with Crippen LogP contribution in [0, 0.1) is 11.7 Å². The molecular weight excluding hydrogens is 271 g/mol. The van der Waals surface area contributed by atoms with Crippen LogP contribution in [0.15, 0.2) is 24.3 Å². The van der Waals surface area contributed by atoms with Crippen LogP contribution in [0.25, 0.3) is 6.08 Å². The van der Waals surface area contributed by atoms with Crippen LogP contribution in [0.2, 0.25) is 0 Å². The number of benzene rings is 1. The Morgan fingerprint density at radius 1 is 1.43 bits per heavy atom. The van der Waals surface area contributed by atoms with Crippen LogP contribution in [0.1, 0.15) is 43.7 Å². The molecule has 4 heteroatoms. The average Bonchev–Trinajstić information content (AvgIpc) is 2.45. The first-order chi connectivity index (χ1) is 10.1. The first-order valence-electron chi connectivity index (χ1n) is 7.37. The predicted octanol–water partition coefficient (Wildman–Crippen LogP) is 4.02.